The summed E-state index contributed by atoms with van der Waals surface area (Å²) in [4.78, 5) is 20.9. The van der Waals surface area contributed by atoms with E-state index in [-0.39, 0.29) is 17.9 Å². The molecule has 4 nitrogen and oxygen atoms in total. The fourth-order valence-corrected chi connectivity index (χ4v) is 6.14. The third-order valence-electron chi connectivity index (χ3n) is 7.58. The van der Waals surface area contributed by atoms with Gasteiger partial charge in [-0.2, -0.15) is 0 Å². The first-order valence-corrected chi connectivity index (χ1v) is 12.3. The highest BCUT2D eigenvalue weighted by Crippen LogP contribution is 2.39. The van der Waals surface area contributed by atoms with Crippen molar-refractivity contribution in [3.63, 3.8) is 0 Å². The third kappa shape index (κ3) is 3.67. The first-order valence-electron chi connectivity index (χ1n) is 11.9. The molecular weight excluding hydrogens is 430 g/mol. The van der Waals surface area contributed by atoms with Crippen molar-refractivity contribution in [2.24, 2.45) is 5.92 Å². The molecule has 33 heavy (non-hydrogen) atoms. The molecule has 1 fully saturated rings. The zero-order chi connectivity index (χ0) is 22.4. The van der Waals surface area contributed by atoms with Gasteiger partial charge < -0.3 is 14.7 Å². The van der Waals surface area contributed by atoms with Crippen molar-refractivity contribution in [2.45, 2.75) is 25.4 Å². The summed E-state index contributed by atoms with van der Waals surface area (Å²) in [6.45, 7) is 4.11. The first kappa shape index (κ1) is 20.6. The SMILES string of the molecule is O=C(C1Cc2ccccc2N2CCN(c3ccccc3Cl)CC12)N1CCc2ccccc2C1. The number of amides is 1. The Balaban J connectivity index is 1.32. The summed E-state index contributed by atoms with van der Waals surface area (Å²) in [5.74, 6) is 0.227. The molecule has 0 bridgehead atoms. The number of hydrogen-bond donors (Lipinski definition) is 0. The Kier molecular flexibility index (Phi) is 5.26. The van der Waals surface area contributed by atoms with Crippen molar-refractivity contribution < 1.29 is 4.79 Å². The highest BCUT2D eigenvalue weighted by atomic mass is 35.5. The highest BCUT2D eigenvalue weighted by Gasteiger charge is 2.43. The smallest absolute Gasteiger partial charge is 0.228 e. The van der Waals surface area contributed by atoms with Crippen molar-refractivity contribution in [1.29, 1.82) is 0 Å². The molecule has 3 aromatic carbocycles. The van der Waals surface area contributed by atoms with Gasteiger partial charge in [-0.05, 0) is 47.7 Å². The van der Waals surface area contributed by atoms with Crippen LogP contribution in [0.1, 0.15) is 16.7 Å². The van der Waals surface area contributed by atoms with Gasteiger partial charge in [0.05, 0.1) is 22.7 Å². The van der Waals surface area contributed by atoms with E-state index >= 15 is 0 Å². The van der Waals surface area contributed by atoms with Gasteiger partial charge in [0.2, 0.25) is 5.91 Å². The molecule has 0 radical (unpaired) electrons. The van der Waals surface area contributed by atoms with Gasteiger partial charge in [0, 0.05) is 38.4 Å². The molecule has 6 rings (SSSR count). The summed E-state index contributed by atoms with van der Waals surface area (Å²) < 4.78 is 0. The molecule has 0 saturated carbocycles. The van der Waals surface area contributed by atoms with Crippen LogP contribution in [-0.4, -0.2) is 43.0 Å². The second kappa shape index (κ2) is 8.42. The van der Waals surface area contributed by atoms with Crippen LogP contribution in [-0.2, 0) is 24.2 Å². The van der Waals surface area contributed by atoms with Crippen LogP contribution in [0.15, 0.2) is 72.8 Å². The number of fused-ring (bicyclic) bond motifs is 4. The van der Waals surface area contributed by atoms with Gasteiger partial charge in [-0.3, -0.25) is 4.79 Å². The summed E-state index contributed by atoms with van der Waals surface area (Å²) in [5, 5.41) is 0.776. The lowest BCUT2D eigenvalue weighted by atomic mass is 9.82. The molecule has 5 heteroatoms. The number of halogens is 1. The first-order chi connectivity index (χ1) is 16.2. The summed E-state index contributed by atoms with van der Waals surface area (Å²) in [7, 11) is 0. The Bertz CT molecular complexity index is 1200. The van der Waals surface area contributed by atoms with Crippen molar-refractivity contribution in [1.82, 2.24) is 4.90 Å². The number of benzene rings is 3. The standard InChI is InChI=1S/C28H28ClN3O/c29-24-10-4-6-12-26(24)30-15-16-32-25-11-5-3-8-21(25)17-23(27(32)19-30)28(33)31-14-13-20-7-1-2-9-22(20)18-31/h1-12,23,27H,13-19H2. The van der Waals surface area contributed by atoms with E-state index in [1.54, 1.807) is 0 Å². The molecule has 1 saturated heterocycles. The summed E-state index contributed by atoms with van der Waals surface area (Å²) in [6, 6.07) is 25.3. The molecule has 3 aliphatic heterocycles. The fourth-order valence-electron chi connectivity index (χ4n) is 5.89. The van der Waals surface area contributed by atoms with Crippen LogP contribution in [0.2, 0.25) is 5.02 Å². The fraction of sp³-hybridized carbons (Fsp3) is 0.321. The summed E-state index contributed by atoms with van der Waals surface area (Å²) in [6.07, 6.45) is 1.73. The lowest BCUT2D eigenvalue weighted by Crippen LogP contribution is -2.61. The van der Waals surface area contributed by atoms with Crippen LogP contribution in [0.3, 0.4) is 0 Å². The van der Waals surface area contributed by atoms with Gasteiger partial charge in [-0.25, -0.2) is 0 Å². The number of para-hydroxylation sites is 2. The second-order valence-corrected chi connectivity index (χ2v) is 9.78. The van der Waals surface area contributed by atoms with Crippen molar-refractivity contribution in [3.05, 3.63) is 94.5 Å². The lowest BCUT2D eigenvalue weighted by Gasteiger charge is -2.50. The minimum Gasteiger partial charge on any atom is -0.366 e. The Morgan fingerprint density at radius 1 is 0.788 bits per heavy atom. The number of nitrogens with zero attached hydrogens (tertiary/aromatic N) is 3. The molecule has 3 aromatic rings. The minimum atomic E-state index is -0.0598. The topological polar surface area (TPSA) is 26.8 Å². The largest absolute Gasteiger partial charge is 0.366 e. The van der Waals surface area contributed by atoms with E-state index in [9.17, 15) is 4.79 Å². The van der Waals surface area contributed by atoms with Crippen LogP contribution in [0.4, 0.5) is 11.4 Å². The zero-order valence-electron chi connectivity index (χ0n) is 18.7. The number of rotatable bonds is 2. The molecule has 3 heterocycles. The van der Waals surface area contributed by atoms with E-state index in [0.29, 0.717) is 6.54 Å². The quantitative estimate of drug-likeness (QED) is 0.553. The van der Waals surface area contributed by atoms with E-state index in [1.807, 2.05) is 18.2 Å². The van der Waals surface area contributed by atoms with E-state index < -0.39 is 0 Å². The van der Waals surface area contributed by atoms with Crippen LogP contribution in [0, 0.1) is 5.92 Å². The third-order valence-corrected chi connectivity index (χ3v) is 7.90. The number of carbonyl (C=O) groups is 1. The van der Waals surface area contributed by atoms with Crippen LogP contribution < -0.4 is 9.80 Å². The molecule has 1 amide bonds. The van der Waals surface area contributed by atoms with Gasteiger partial charge in [-0.15, -0.1) is 0 Å². The number of piperazine rings is 1. The molecule has 2 atom stereocenters. The number of carbonyl (C=O) groups excluding carboxylic acids is 1. The maximum Gasteiger partial charge on any atom is 0.228 e. The van der Waals surface area contributed by atoms with Gasteiger partial charge in [0.15, 0.2) is 0 Å². The Hall–Kier alpha value is -2.98. The Labute approximate surface area is 200 Å². The molecular formula is C28H28ClN3O. The number of anilines is 2. The maximum atomic E-state index is 14.0. The van der Waals surface area contributed by atoms with Gasteiger partial charge in [0.25, 0.3) is 0 Å². The van der Waals surface area contributed by atoms with E-state index in [1.165, 1.54) is 22.4 Å². The van der Waals surface area contributed by atoms with Crippen LogP contribution in [0.25, 0.3) is 0 Å². The predicted octanol–water partition coefficient (Wildman–Crippen LogP) is 4.79. The average Bonchev–Trinajstić information content (AvgIpc) is 2.87. The normalized spacial score (nSPS) is 21.8. The van der Waals surface area contributed by atoms with Gasteiger partial charge in [0.1, 0.15) is 0 Å². The predicted molar refractivity (Wildman–Crippen MR) is 134 cm³/mol. The zero-order valence-corrected chi connectivity index (χ0v) is 19.4. The van der Waals surface area contributed by atoms with Gasteiger partial charge >= 0.3 is 0 Å². The molecule has 0 N–H and O–H groups in total. The van der Waals surface area contributed by atoms with E-state index in [2.05, 4.69) is 69.3 Å². The number of hydrogen-bond acceptors (Lipinski definition) is 3. The Morgan fingerprint density at radius 2 is 1.48 bits per heavy atom. The molecule has 2 unspecified atom stereocenters. The molecule has 0 spiro atoms. The second-order valence-electron chi connectivity index (χ2n) is 9.38. The van der Waals surface area contributed by atoms with Gasteiger partial charge in [-0.1, -0.05) is 66.2 Å². The van der Waals surface area contributed by atoms with Crippen molar-refractivity contribution in [2.75, 3.05) is 36.0 Å². The van der Waals surface area contributed by atoms with E-state index in [0.717, 1.165) is 49.7 Å². The van der Waals surface area contributed by atoms with Crippen LogP contribution in [0.5, 0.6) is 0 Å². The monoisotopic (exact) mass is 457 g/mol. The maximum absolute atomic E-state index is 14.0. The van der Waals surface area contributed by atoms with Crippen molar-refractivity contribution >= 4 is 28.9 Å². The summed E-state index contributed by atoms with van der Waals surface area (Å²) >= 11 is 6.55. The highest BCUT2D eigenvalue weighted by molar-refractivity contribution is 6.33. The average molecular weight is 458 g/mol. The molecule has 0 aromatic heterocycles. The molecule has 168 valence electrons. The lowest BCUT2D eigenvalue weighted by molar-refractivity contribution is -0.137. The van der Waals surface area contributed by atoms with E-state index in [4.69, 9.17) is 11.6 Å². The van der Waals surface area contributed by atoms with Crippen molar-refractivity contribution in [3.8, 4) is 0 Å². The minimum absolute atomic E-state index is 0.0598. The van der Waals surface area contributed by atoms with Crippen LogP contribution >= 0.6 is 11.6 Å². The molecule has 0 aliphatic carbocycles. The summed E-state index contributed by atoms with van der Waals surface area (Å²) in [5.41, 5.74) is 6.30. The molecule has 3 aliphatic rings. The Morgan fingerprint density at radius 3 is 2.30 bits per heavy atom.